The van der Waals surface area contributed by atoms with Crippen LogP contribution in [0.5, 0.6) is 0 Å². The van der Waals surface area contributed by atoms with Gasteiger partial charge in [0.15, 0.2) is 0 Å². The molecule has 2 amide bonds. The van der Waals surface area contributed by atoms with E-state index in [-0.39, 0.29) is 24.2 Å². The number of benzene rings is 2. The highest BCUT2D eigenvalue weighted by Crippen LogP contribution is 2.21. The Hall–Kier alpha value is -2.18. The zero-order valence-electron chi connectivity index (χ0n) is 13.4. The SMILES string of the molecule is O=C(NCc1ccc(F)c(Cl)c1F)NC1CN(Cc2ccccc2)C1. The van der Waals surface area contributed by atoms with Crippen molar-refractivity contribution in [2.45, 2.75) is 19.1 Å². The molecule has 7 heteroatoms. The van der Waals surface area contributed by atoms with Crippen LogP contribution >= 0.6 is 11.6 Å². The lowest BCUT2D eigenvalue weighted by molar-refractivity contribution is 0.122. The van der Waals surface area contributed by atoms with Gasteiger partial charge in [-0.3, -0.25) is 4.90 Å². The highest BCUT2D eigenvalue weighted by Gasteiger charge is 2.27. The molecule has 1 aliphatic heterocycles. The quantitative estimate of drug-likeness (QED) is 0.798. The second kappa shape index (κ2) is 7.80. The molecule has 1 saturated heterocycles. The van der Waals surface area contributed by atoms with Crippen LogP contribution in [0, 0.1) is 11.6 Å². The van der Waals surface area contributed by atoms with Gasteiger partial charge in [0.05, 0.1) is 6.04 Å². The minimum atomic E-state index is -0.848. The molecular weight excluding hydrogens is 348 g/mol. The highest BCUT2D eigenvalue weighted by atomic mass is 35.5. The predicted molar refractivity (Wildman–Crippen MR) is 92.2 cm³/mol. The van der Waals surface area contributed by atoms with E-state index in [0.717, 1.165) is 25.7 Å². The molecule has 2 aromatic rings. The van der Waals surface area contributed by atoms with Gasteiger partial charge in [0, 0.05) is 31.7 Å². The summed E-state index contributed by atoms with van der Waals surface area (Å²) in [6.45, 7) is 2.32. The van der Waals surface area contributed by atoms with Crippen LogP contribution in [-0.2, 0) is 13.1 Å². The fraction of sp³-hybridized carbons (Fsp3) is 0.278. The van der Waals surface area contributed by atoms with Gasteiger partial charge in [0.2, 0.25) is 0 Å². The average Bonchev–Trinajstić information content (AvgIpc) is 2.58. The summed E-state index contributed by atoms with van der Waals surface area (Å²) in [6, 6.07) is 12.1. The molecule has 4 nitrogen and oxygen atoms in total. The van der Waals surface area contributed by atoms with Gasteiger partial charge in [-0.15, -0.1) is 0 Å². The standard InChI is InChI=1S/C18H18ClF2N3O/c19-16-15(20)7-6-13(17(16)21)8-22-18(25)23-14-10-24(11-14)9-12-4-2-1-3-5-12/h1-7,14H,8-11H2,(H2,22,23,25). The van der Waals surface area contributed by atoms with Crippen molar-refractivity contribution in [3.63, 3.8) is 0 Å². The monoisotopic (exact) mass is 365 g/mol. The third-order valence-electron chi connectivity index (χ3n) is 4.10. The smallest absolute Gasteiger partial charge is 0.315 e. The Morgan fingerprint density at radius 2 is 1.88 bits per heavy atom. The molecule has 0 radical (unpaired) electrons. The van der Waals surface area contributed by atoms with Crippen LogP contribution in [0.1, 0.15) is 11.1 Å². The van der Waals surface area contributed by atoms with E-state index in [1.54, 1.807) is 0 Å². The molecule has 0 aromatic heterocycles. The first kappa shape index (κ1) is 17.6. The van der Waals surface area contributed by atoms with Crippen molar-refractivity contribution in [1.29, 1.82) is 0 Å². The molecule has 1 heterocycles. The summed E-state index contributed by atoms with van der Waals surface area (Å²) in [5.74, 6) is -1.67. The lowest BCUT2D eigenvalue weighted by Crippen LogP contribution is -2.60. The molecule has 0 spiro atoms. The second-order valence-electron chi connectivity index (χ2n) is 6.04. The van der Waals surface area contributed by atoms with Crippen LogP contribution in [0.3, 0.4) is 0 Å². The Bertz CT molecular complexity index is 751. The van der Waals surface area contributed by atoms with Crippen molar-refractivity contribution in [3.8, 4) is 0 Å². The lowest BCUT2D eigenvalue weighted by Gasteiger charge is -2.39. The van der Waals surface area contributed by atoms with Gasteiger partial charge in [-0.25, -0.2) is 13.6 Å². The van der Waals surface area contributed by atoms with Gasteiger partial charge in [-0.2, -0.15) is 0 Å². The maximum atomic E-state index is 13.8. The van der Waals surface area contributed by atoms with Gasteiger partial charge in [0.1, 0.15) is 16.7 Å². The number of carbonyl (C=O) groups excluding carboxylic acids is 1. The molecule has 0 atom stereocenters. The summed E-state index contributed by atoms with van der Waals surface area (Å²) in [4.78, 5) is 14.1. The van der Waals surface area contributed by atoms with E-state index in [9.17, 15) is 13.6 Å². The Morgan fingerprint density at radius 3 is 2.60 bits per heavy atom. The second-order valence-corrected chi connectivity index (χ2v) is 6.42. The first-order valence-electron chi connectivity index (χ1n) is 7.96. The molecule has 2 aromatic carbocycles. The Labute approximate surface area is 149 Å². The minimum absolute atomic E-state index is 0.0574. The van der Waals surface area contributed by atoms with E-state index in [0.29, 0.717) is 0 Å². The van der Waals surface area contributed by atoms with Crippen molar-refractivity contribution >= 4 is 17.6 Å². The molecule has 3 rings (SSSR count). The molecule has 0 aliphatic carbocycles. The molecule has 1 aliphatic rings. The summed E-state index contributed by atoms with van der Waals surface area (Å²) < 4.78 is 26.9. The summed E-state index contributed by atoms with van der Waals surface area (Å²) in [5, 5.41) is 4.83. The molecule has 0 saturated carbocycles. The van der Waals surface area contributed by atoms with Crippen LogP contribution in [0.2, 0.25) is 5.02 Å². The third kappa shape index (κ3) is 4.46. The molecule has 2 N–H and O–H groups in total. The van der Waals surface area contributed by atoms with Crippen LogP contribution in [-0.4, -0.2) is 30.1 Å². The van der Waals surface area contributed by atoms with Crippen molar-refractivity contribution in [2.75, 3.05) is 13.1 Å². The van der Waals surface area contributed by atoms with Gasteiger partial charge in [0.25, 0.3) is 0 Å². The molecule has 132 valence electrons. The van der Waals surface area contributed by atoms with Crippen molar-refractivity contribution < 1.29 is 13.6 Å². The van der Waals surface area contributed by atoms with Crippen molar-refractivity contribution in [3.05, 3.63) is 70.2 Å². The first-order valence-corrected chi connectivity index (χ1v) is 8.33. The molecule has 0 unspecified atom stereocenters. The van der Waals surface area contributed by atoms with Crippen molar-refractivity contribution in [2.24, 2.45) is 0 Å². The lowest BCUT2D eigenvalue weighted by atomic mass is 10.1. The van der Waals surface area contributed by atoms with E-state index in [4.69, 9.17) is 11.6 Å². The van der Waals surface area contributed by atoms with Gasteiger partial charge in [-0.05, 0) is 11.6 Å². The normalized spacial score (nSPS) is 14.8. The van der Waals surface area contributed by atoms with E-state index >= 15 is 0 Å². The molecule has 1 fully saturated rings. The molecule has 25 heavy (non-hydrogen) atoms. The number of carbonyl (C=O) groups is 1. The van der Waals surface area contributed by atoms with E-state index < -0.39 is 16.7 Å². The molecule has 0 bridgehead atoms. The summed E-state index contributed by atoms with van der Waals surface area (Å²) in [7, 11) is 0. The Kier molecular flexibility index (Phi) is 5.50. The van der Waals surface area contributed by atoms with Crippen molar-refractivity contribution in [1.82, 2.24) is 15.5 Å². The highest BCUT2D eigenvalue weighted by molar-refractivity contribution is 6.30. The maximum Gasteiger partial charge on any atom is 0.315 e. The maximum absolute atomic E-state index is 13.8. The first-order chi connectivity index (χ1) is 12.0. The average molecular weight is 366 g/mol. The zero-order chi connectivity index (χ0) is 17.8. The van der Waals surface area contributed by atoms with Crippen LogP contribution < -0.4 is 10.6 Å². The van der Waals surface area contributed by atoms with Gasteiger partial charge >= 0.3 is 6.03 Å². The van der Waals surface area contributed by atoms with Crippen LogP contribution in [0.25, 0.3) is 0 Å². The largest absolute Gasteiger partial charge is 0.334 e. The van der Waals surface area contributed by atoms with E-state index in [2.05, 4.69) is 27.7 Å². The Morgan fingerprint density at radius 1 is 1.16 bits per heavy atom. The number of hydrogen-bond acceptors (Lipinski definition) is 2. The van der Waals surface area contributed by atoms with Crippen LogP contribution in [0.15, 0.2) is 42.5 Å². The minimum Gasteiger partial charge on any atom is -0.334 e. The van der Waals surface area contributed by atoms with Gasteiger partial charge < -0.3 is 10.6 Å². The topological polar surface area (TPSA) is 44.4 Å². The number of amides is 2. The van der Waals surface area contributed by atoms with E-state index in [1.165, 1.54) is 11.6 Å². The fourth-order valence-electron chi connectivity index (χ4n) is 2.75. The Balaban J connectivity index is 1.40. The number of rotatable bonds is 5. The van der Waals surface area contributed by atoms with Gasteiger partial charge in [-0.1, -0.05) is 48.0 Å². The number of nitrogens with one attached hydrogen (secondary N) is 2. The number of hydrogen-bond donors (Lipinski definition) is 2. The molecular formula is C18H18ClF2N3O. The third-order valence-corrected chi connectivity index (χ3v) is 4.44. The summed E-state index contributed by atoms with van der Waals surface area (Å²) in [6.07, 6.45) is 0. The predicted octanol–water partition coefficient (Wildman–Crippen LogP) is 3.30. The van der Waals surface area contributed by atoms with Crippen LogP contribution in [0.4, 0.5) is 13.6 Å². The fourth-order valence-corrected chi connectivity index (χ4v) is 2.93. The summed E-state index contributed by atoms with van der Waals surface area (Å²) >= 11 is 5.51. The number of nitrogens with zero attached hydrogens (tertiary/aromatic N) is 1. The number of likely N-dealkylation sites (tertiary alicyclic amines) is 1. The summed E-state index contributed by atoms with van der Waals surface area (Å²) in [5.41, 5.74) is 1.37. The van der Waals surface area contributed by atoms with E-state index in [1.807, 2.05) is 18.2 Å². The number of urea groups is 1. The zero-order valence-corrected chi connectivity index (χ0v) is 14.2. The number of halogens is 3.